The summed E-state index contributed by atoms with van der Waals surface area (Å²) in [6.07, 6.45) is 30.6. The van der Waals surface area contributed by atoms with E-state index in [1.807, 2.05) is 19.1 Å². The Labute approximate surface area is 453 Å². The number of amides is 1. The van der Waals surface area contributed by atoms with Crippen molar-refractivity contribution >= 4 is 52.0 Å². The number of hydrogen-bond acceptors (Lipinski definition) is 9. The molecule has 1 aromatic heterocycles. The minimum atomic E-state index is -2.18. The van der Waals surface area contributed by atoms with Gasteiger partial charge >= 0.3 is 0 Å². The van der Waals surface area contributed by atoms with Crippen LogP contribution in [0, 0.1) is 18.3 Å². The number of aliphatic hydroxyl groups is 2. The summed E-state index contributed by atoms with van der Waals surface area (Å²) in [6, 6.07) is 11.3. The minimum Gasteiger partial charge on any atom is -0.463 e. The Hall–Kier alpha value is -4.46. The van der Waals surface area contributed by atoms with E-state index in [4.69, 9.17) is 17.0 Å². The van der Waals surface area contributed by atoms with Crippen LogP contribution in [0.25, 0.3) is 10.9 Å². The molecule has 406 valence electrons. The van der Waals surface area contributed by atoms with Crippen molar-refractivity contribution in [3.63, 3.8) is 0 Å². The van der Waals surface area contributed by atoms with Gasteiger partial charge in [-0.15, -0.1) is 0 Å². The van der Waals surface area contributed by atoms with Gasteiger partial charge in [-0.25, -0.2) is 0 Å². The molecule has 6 heterocycles. The van der Waals surface area contributed by atoms with Gasteiger partial charge in [0.15, 0.2) is 11.4 Å². The van der Waals surface area contributed by atoms with Gasteiger partial charge in [-0.1, -0.05) is 120 Å². The molecule has 3 aromatic rings. The van der Waals surface area contributed by atoms with E-state index < -0.39 is 45.4 Å². The van der Waals surface area contributed by atoms with Crippen molar-refractivity contribution in [3.8, 4) is 0 Å². The predicted molar refractivity (Wildman–Crippen MR) is 305 cm³/mol. The molecule has 1 amide bonds. The van der Waals surface area contributed by atoms with E-state index >= 15 is 4.79 Å². The molecule has 1 spiro atoms. The maximum atomic E-state index is 15.3. The summed E-state index contributed by atoms with van der Waals surface area (Å²) in [5, 5.41) is 30.4. The number of thiocarbonyl (C=S) groups is 1. The molecule has 4 N–H and O–H groups in total. The predicted octanol–water partition coefficient (Wildman–Crippen LogP) is 10.8. The van der Waals surface area contributed by atoms with E-state index in [1.165, 1.54) is 51.9 Å². The number of rotatable bonds is 22. The van der Waals surface area contributed by atoms with Crippen LogP contribution in [0.3, 0.4) is 0 Å². The first-order valence-corrected chi connectivity index (χ1v) is 29.4. The van der Waals surface area contributed by atoms with Crippen molar-refractivity contribution in [3.05, 3.63) is 101 Å². The number of nitrogens with zero attached hydrogens (tertiary/aromatic N) is 3. The number of unbranched alkanes of at least 4 members (excludes halogenated alkanes) is 9. The molecule has 12 heteroatoms. The number of aromatic amines is 1. The lowest BCUT2D eigenvalue weighted by molar-refractivity contribution is -0.196. The normalized spacial score (nSPS) is 31.9. The average molecular weight is 1040 g/mol. The third kappa shape index (κ3) is 9.73. The zero-order chi connectivity index (χ0) is 53.2. The van der Waals surface area contributed by atoms with E-state index in [0.717, 1.165) is 90.5 Å². The summed E-state index contributed by atoms with van der Waals surface area (Å²) in [5.74, 6) is -0.460. The van der Waals surface area contributed by atoms with Crippen LogP contribution in [-0.2, 0) is 36.4 Å². The number of benzene rings is 2. The summed E-state index contributed by atoms with van der Waals surface area (Å²) >= 11 is 5.99. The van der Waals surface area contributed by atoms with Gasteiger partial charge in [0.1, 0.15) is 11.9 Å². The lowest BCUT2D eigenvalue weighted by Gasteiger charge is -2.63. The van der Waals surface area contributed by atoms with Crippen molar-refractivity contribution in [2.24, 2.45) is 11.3 Å². The number of carbonyl (C=O) groups excluding carboxylic acids is 3. The number of aromatic nitrogens is 1. The van der Waals surface area contributed by atoms with Crippen molar-refractivity contribution in [1.82, 2.24) is 20.1 Å². The Balaban J connectivity index is 1.01. The van der Waals surface area contributed by atoms with Gasteiger partial charge in [0.25, 0.3) is 5.17 Å². The van der Waals surface area contributed by atoms with Crippen molar-refractivity contribution in [1.29, 1.82) is 0 Å². The molecule has 10 atom stereocenters. The van der Waals surface area contributed by atoms with E-state index in [9.17, 15) is 19.8 Å². The molecule has 6 aliphatic rings. The number of anilines is 1. The summed E-state index contributed by atoms with van der Waals surface area (Å²) in [6.45, 7) is 15.7. The molecule has 1 aliphatic carbocycles. The van der Waals surface area contributed by atoms with Crippen molar-refractivity contribution < 1.29 is 29.3 Å². The zero-order valence-corrected chi connectivity index (χ0v) is 46.9. The average Bonchev–Trinajstić information content (AvgIpc) is 4.23. The molecule has 2 bridgehead atoms. The number of fused-ring (bicyclic) bond motifs is 6. The molecule has 11 nitrogen and oxygen atoms in total. The Bertz CT molecular complexity index is 2680. The maximum Gasteiger partial charge on any atom is 0.257 e. The molecule has 3 fully saturated rings. The van der Waals surface area contributed by atoms with E-state index in [2.05, 4.69) is 102 Å². The summed E-state index contributed by atoms with van der Waals surface area (Å²) in [4.78, 5) is 54.4. The lowest BCUT2D eigenvalue weighted by atomic mass is 9.47. The zero-order valence-electron chi connectivity index (χ0n) is 46.1. The molecule has 5 aliphatic heterocycles. The van der Waals surface area contributed by atoms with Crippen LogP contribution in [0.4, 0.5) is 5.69 Å². The smallest absolute Gasteiger partial charge is 0.257 e. The number of Topliss-reactive ketones (excluding diaryl/α,β-unsaturated/α-hetero) is 2. The molecule has 0 radical (unpaired) electrons. The number of para-hydroxylation sites is 1. The summed E-state index contributed by atoms with van der Waals surface area (Å²) in [5.41, 5.74) is 0.222. The fraction of sp³-hybridized carbons (Fsp3) is 0.619. The Morgan fingerprint density at radius 3 is 2.32 bits per heavy atom. The highest BCUT2D eigenvalue weighted by Crippen LogP contribution is 2.68. The fourth-order valence-corrected chi connectivity index (χ4v) is 16.0. The van der Waals surface area contributed by atoms with Gasteiger partial charge in [0.05, 0.1) is 17.1 Å². The number of aryl methyl sites for hydroxylation is 1. The molecule has 9 rings (SSSR count). The van der Waals surface area contributed by atoms with Crippen LogP contribution in [0.5, 0.6) is 0 Å². The molecule has 1 saturated carbocycles. The lowest BCUT2D eigenvalue weighted by Crippen LogP contribution is -2.81. The second-order valence-electron chi connectivity index (χ2n) is 23.7. The first-order chi connectivity index (χ1) is 36.2. The molecular formula is C63H87N5O6S. The molecule has 2 aromatic carbocycles. The van der Waals surface area contributed by atoms with Crippen LogP contribution in [0.2, 0.25) is 0 Å². The van der Waals surface area contributed by atoms with Crippen molar-refractivity contribution in [2.75, 3.05) is 44.2 Å². The van der Waals surface area contributed by atoms with E-state index in [1.54, 1.807) is 11.8 Å². The quantitative estimate of drug-likeness (QED) is 0.0333. The number of hydrogen-bond donors (Lipinski definition) is 4. The van der Waals surface area contributed by atoms with Crippen molar-refractivity contribution in [2.45, 2.75) is 197 Å². The van der Waals surface area contributed by atoms with Crippen LogP contribution in [0.1, 0.15) is 172 Å². The van der Waals surface area contributed by atoms with Gasteiger partial charge in [-0.3, -0.25) is 24.2 Å². The van der Waals surface area contributed by atoms with Gasteiger partial charge < -0.3 is 30.2 Å². The van der Waals surface area contributed by atoms with Gasteiger partial charge in [-0.05, 0) is 157 Å². The molecule has 2 saturated heterocycles. The third-order valence-corrected chi connectivity index (χ3v) is 19.5. The monoisotopic (exact) mass is 1040 g/mol. The highest BCUT2D eigenvalue weighted by atomic mass is 32.1. The number of ether oxygens (including phenoxy) is 1. The fourth-order valence-electron chi connectivity index (χ4n) is 15.8. The second-order valence-corrected chi connectivity index (χ2v) is 24.0. The first kappa shape index (κ1) is 55.3. The summed E-state index contributed by atoms with van der Waals surface area (Å²) < 4.78 is 6.89. The first-order valence-electron chi connectivity index (χ1n) is 29.0. The topological polar surface area (TPSA) is 138 Å². The number of H-pyrrole nitrogens is 1. The van der Waals surface area contributed by atoms with Crippen LogP contribution in [-0.4, -0.2) is 117 Å². The van der Waals surface area contributed by atoms with Gasteiger partial charge in [0, 0.05) is 71.9 Å². The molecule has 75 heavy (non-hydrogen) atoms. The van der Waals surface area contributed by atoms with Gasteiger partial charge in [0.2, 0.25) is 6.41 Å². The highest BCUT2D eigenvalue weighted by Gasteiger charge is 2.79. The second kappa shape index (κ2) is 22.9. The van der Waals surface area contributed by atoms with Crippen LogP contribution in [0.15, 0.2) is 72.9 Å². The van der Waals surface area contributed by atoms with E-state index in [-0.39, 0.29) is 22.9 Å². The summed E-state index contributed by atoms with van der Waals surface area (Å²) in [7, 11) is 0. The number of allylic oxidation sites excluding steroid dienone is 4. The third-order valence-electron chi connectivity index (χ3n) is 19.2. The largest absolute Gasteiger partial charge is 0.463 e. The standard InChI is InChI=1S/C63H87N5O6S/c1-7-10-11-12-13-14-15-16-17-18-19-20-21-22-23-26-33-64-58(75)74-57-60(9-3)31-27-34-67-36-32-61(55(60)67)51-38-50(44(4)37-53(51)68(43-69)56(61)63(57,73)46(6)71)62(45(5)70)40-47-39-59(72,8-2)42-66(41-47)35-30-49-48-28-24-25-29-52(48)65-54(49)62/h13-14,16-17,24-25,27-29,31,37-38,43,47,55-57,65,72-73H,7-12,15,18-23,26,30,32-36,39-42H2,1-6H3,(H,64,75)/b14-13-,17-16-/t47?,55-,56+,57+,59-,60+,61+,62-,63-/m0/s1. The highest BCUT2D eigenvalue weighted by molar-refractivity contribution is 7.80. The Morgan fingerprint density at radius 2 is 1.61 bits per heavy atom. The Morgan fingerprint density at radius 1 is 0.880 bits per heavy atom. The molecule has 2 unspecified atom stereocenters. The number of ketones is 2. The number of piperidine rings is 1. The molecular weight excluding hydrogens is 955 g/mol. The minimum absolute atomic E-state index is 0.00121. The van der Waals surface area contributed by atoms with Gasteiger partial charge in [-0.2, -0.15) is 0 Å². The maximum absolute atomic E-state index is 15.3. The number of nitrogens with one attached hydrogen (secondary N) is 2. The number of carbonyl (C=O) groups is 3. The van der Waals surface area contributed by atoms with E-state index in [0.29, 0.717) is 70.4 Å². The van der Waals surface area contributed by atoms with Crippen LogP contribution < -0.4 is 10.2 Å². The Kier molecular flexibility index (Phi) is 16.9. The van der Waals surface area contributed by atoms with Crippen LogP contribution >= 0.6 is 12.2 Å². The SMILES string of the molecule is CCCCC/C=C\C/C=C\CCCCCCCCNC(=S)O[C@@H]1[C@]2(CC)C=CCN3CC[C@@]4(c5cc([C@@]6(C(C)=O)CC7CN(CCc8c6[nH]c6ccccc86)C[C@](O)(CC)C7)c(C)cc5N(C=O)[C@H]4[C@@]1(O)C(C)=O)[C@@H]32.